The van der Waals surface area contributed by atoms with Crippen molar-refractivity contribution in [2.75, 3.05) is 0 Å². The normalized spacial score (nSPS) is 11.8. The van der Waals surface area contributed by atoms with Crippen molar-refractivity contribution in [3.05, 3.63) is 47.3 Å². The van der Waals surface area contributed by atoms with Crippen LogP contribution in [0.1, 0.15) is 44.4 Å². The van der Waals surface area contributed by atoms with Gasteiger partial charge in [-0.25, -0.2) is 14.1 Å². The molecular formula is C17H18FN5. The van der Waals surface area contributed by atoms with Crippen LogP contribution in [-0.2, 0) is 17.4 Å². The molecule has 0 aliphatic rings. The highest BCUT2D eigenvalue weighted by molar-refractivity contribution is 5.43. The van der Waals surface area contributed by atoms with Gasteiger partial charge in [-0.15, -0.1) is 0 Å². The van der Waals surface area contributed by atoms with Crippen molar-refractivity contribution >= 4 is 0 Å². The highest BCUT2D eigenvalue weighted by atomic mass is 19.1. The molecular weight excluding hydrogens is 293 g/mol. The Labute approximate surface area is 135 Å². The number of halogens is 1. The molecule has 0 saturated heterocycles. The molecule has 0 unspecified atom stereocenters. The summed E-state index contributed by atoms with van der Waals surface area (Å²) in [6, 6.07) is 7.62. The minimum atomic E-state index is -0.997. The molecule has 0 amide bonds. The molecule has 0 aliphatic heterocycles. The van der Waals surface area contributed by atoms with Gasteiger partial charge in [0.25, 0.3) is 0 Å². The molecule has 2 rings (SSSR count). The molecule has 1 heterocycles. The van der Waals surface area contributed by atoms with Gasteiger partial charge in [0.1, 0.15) is 18.5 Å². The maximum Gasteiger partial charge on any atom is 0.137 e. The van der Waals surface area contributed by atoms with Crippen LogP contribution in [0.2, 0.25) is 0 Å². The zero-order chi connectivity index (χ0) is 17.3. The predicted molar refractivity (Wildman–Crippen MR) is 82.8 cm³/mol. The average Bonchev–Trinajstić information content (AvgIpc) is 3.01. The summed E-state index contributed by atoms with van der Waals surface area (Å²) in [5.41, 5.74) is -0.436. The van der Waals surface area contributed by atoms with Crippen molar-refractivity contribution in [3.63, 3.8) is 0 Å². The van der Waals surface area contributed by atoms with Crippen molar-refractivity contribution in [2.45, 2.75) is 45.1 Å². The maximum absolute atomic E-state index is 14.9. The minimum Gasteiger partial charge on any atom is -0.248 e. The van der Waals surface area contributed by atoms with Crippen molar-refractivity contribution < 1.29 is 4.39 Å². The number of benzene rings is 1. The first-order chi connectivity index (χ1) is 10.7. The Kier molecular flexibility index (Phi) is 4.20. The van der Waals surface area contributed by atoms with E-state index in [2.05, 4.69) is 22.2 Å². The van der Waals surface area contributed by atoms with Gasteiger partial charge in [-0.05, 0) is 45.4 Å². The number of nitriles is 2. The van der Waals surface area contributed by atoms with Gasteiger partial charge in [-0.2, -0.15) is 15.6 Å². The van der Waals surface area contributed by atoms with E-state index in [9.17, 15) is 14.9 Å². The lowest BCUT2D eigenvalue weighted by Gasteiger charge is -2.24. The molecule has 5 nitrogen and oxygen atoms in total. The van der Waals surface area contributed by atoms with Crippen molar-refractivity contribution in [3.8, 4) is 12.1 Å². The molecule has 23 heavy (non-hydrogen) atoms. The number of hydrogen-bond donors (Lipinski definition) is 0. The molecule has 0 bridgehead atoms. The first kappa shape index (κ1) is 16.6. The molecule has 0 N–H and O–H groups in total. The zero-order valence-electron chi connectivity index (χ0n) is 13.6. The van der Waals surface area contributed by atoms with Crippen LogP contribution in [0.15, 0.2) is 24.8 Å². The first-order valence-electron chi connectivity index (χ1n) is 7.19. The Balaban J connectivity index is 2.66. The molecule has 0 aliphatic carbocycles. The maximum atomic E-state index is 14.9. The van der Waals surface area contributed by atoms with Gasteiger partial charge in [-0.1, -0.05) is 0 Å². The summed E-state index contributed by atoms with van der Waals surface area (Å²) in [4.78, 5) is 3.85. The van der Waals surface area contributed by atoms with E-state index in [1.165, 1.54) is 17.3 Å². The lowest BCUT2D eigenvalue weighted by atomic mass is 9.78. The first-order valence-corrected chi connectivity index (χ1v) is 7.19. The van der Waals surface area contributed by atoms with Gasteiger partial charge in [0, 0.05) is 11.1 Å². The molecule has 0 fully saturated rings. The van der Waals surface area contributed by atoms with Crippen LogP contribution in [0.5, 0.6) is 0 Å². The van der Waals surface area contributed by atoms with Crippen LogP contribution in [0.4, 0.5) is 4.39 Å². The molecule has 0 saturated carbocycles. The van der Waals surface area contributed by atoms with Gasteiger partial charge in [0.15, 0.2) is 0 Å². The van der Waals surface area contributed by atoms with Gasteiger partial charge in [0.05, 0.1) is 29.5 Å². The summed E-state index contributed by atoms with van der Waals surface area (Å²) < 4.78 is 16.4. The van der Waals surface area contributed by atoms with Crippen molar-refractivity contribution in [1.82, 2.24) is 14.8 Å². The van der Waals surface area contributed by atoms with E-state index in [0.717, 1.165) is 0 Å². The SMILES string of the molecule is CC(C)(C#N)c1cc(Cn2cncn2)c(F)c(C(C)(C)C#N)c1. The van der Waals surface area contributed by atoms with Gasteiger partial charge < -0.3 is 0 Å². The highest BCUT2D eigenvalue weighted by Gasteiger charge is 2.30. The Morgan fingerprint density at radius 2 is 1.78 bits per heavy atom. The highest BCUT2D eigenvalue weighted by Crippen LogP contribution is 2.33. The van der Waals surface area contributed by atoms with Crippen molar-refractivity contribution in [1.29, 1.82) is 10.5 Å². The third-order valence-electron chi connectivity index (χ3n) is 3.90. The van der Waals surface area contributed by atoms with Gasteiger partial charge in [0.2, 0.25) is 0 Å². The molecule has 2 aromatic rings. The van der Waals surface area contributed by atoms with Crippen molar-refractivity contribution in [2.24, 2.45) is 0 Å². The van der Waals surface area contributed by atoms with Crippen LogP contribution in [-0.4, -0.2) is 14.8 Å². The molecule has 0 atom stereocenters. The van der Waals surface area contributed by atoms with E-state index in [1.807, 2.05) is 0 Å². The van der Waals surface area contributed by atoms with Crippen LogP contribution in [0, 0.1) is 28.5 Å². The zero-order valence-corrected chi connectivity index (χ0v) is 13.6. The van der Waals surface area contributed by atoms with E-state index in [1.54, 1.807) is 39.8 Å². The van der Waals surface area contributed by atoms with Gasteiger partial charge >= 0.3 is 0 Å². The molecule has 6 heteroatoms. The molecule has 118 valence electrons. The summed E-state index contributed by atoms with van der Waals surface area (Å²) in [5, 5.41) is 22.7. The summed E-state index contributed by atoms with van der Waals surface area (Å²) >= 11 is 0. The Hall–Kier alpha value is -2.73. The lowest BCUT2D eigenvalue weighted by Crippen LogP contribution is -2.22. The van der Waals surface area contributed by atoms with Crippen LogP contribution < -0.4 is 0 Å². The fraction of sp³-hybridized carbons (Fsp3) is 0.412. The minimum absolute atomic E-state index is 0.190. The Morgan fingerprint density at radius 3 is 2.30 bits per heavy atom. The molecule has 1 aromatic carbocycles. The lowest BCUT2D eigenvalue weighted by molar-refractivity contribution is 0.534. The second kappa shape index (κ2) is 5.81. The number of rotatable bonds is 4. The topological polar surface area (TPSA) is 78.3 Å². The third kappa shape index (κ3) is 3.22. The largest absolute Gasteiger partial charge is 0.248 e. The smallest absolute Gasteiger partial charge is 0.137 e. The van der Waals surface area contributed by atoms with Crippen LogP contribution in [0.25, 0.3) is 0 Å². The third-order valence-corrected chi connectivity index (χ3v) is 3.90. The van der Waals surface area contributed by atoms with E-state index in [4.69, 9.17) is 0 Å². The second-order valence-electron chi connectivity index (χ2n) is 6.56. The molecule has 0 spiro atoms. The Bertz CT molecular complexity index is 792. The fourth-order valence-corrected chi connectivity index (χ4v) is 2.23. The molecule has 1 aromatic heterocycles. The molecule has 0 radical (unpaired) electrons. The average molecular weight is 311 g/mol. The summed E-state index contributed by atoms with van der Waals surface area (Å²) in [6.45, 7) is 7.04. The van der Waals surface area contributed by atoms with E-state index < -0.39 is 16.6 Å². The summed E-state index contributed by atoms with van der Waals surface area (Å²) in [5.74, 6) is -0.440. The monoisotopic (exact) mass is 311 g/mol. The Morgan fingerprint density at radius 1 is 1.13 bits per heavy atom. The second-order valence-corrected chi connectivity index (χ2v) is 6.56. The summed E-state index contributed by atoms with van der Waals surface area (Å²) in [6.07, 6.45) is 2.87. The van der Waals surface area contributed by atoms with Crippen LogP contribution >= 0.6 is 0 Å². The summed E-state index contributed by atoms with van der Waals surface area (Å²) in [7, 11) is 0. The van der Waals surface area contributed by atoms with E-state index in [-0.39, 0.29) is 12.1 Å². The standard InChI is InChI=1S/C17H18FN5/c1-16(2,8-19)13-5-12(7-23-11-21-10-22-23)15(18)14(6-13)17(3,4)9-20/h5-6,10-11H,7H2,1-4H3. The van der Waals surface area contributed by atoms with E-state index in [0.29, 0.717) is 11.1 Å². The fourth-order valence-electron chi connectivity index (χ4n) is 2.23. The van der Waals surface area contributed by atoms with Gasteiger partial charge in [-0.3, -0.25) is 0 Å². The van der Waals surface area contributed by atoms with Crippen LogP contribution in [0.3, 0.4) is 0 Å². The van der Waals surface area contributed by atoms with E-state index >= 15 is 0 Å². The number of aromatic nitrogens is 3. The quantitative estimate of drug-likeness (QED) is 0.869. The number of hydrogen-bond acceptors (Lipinski definition) is 4. The number of nitrogens with zero attached hydrogens (tertiary/aromatic N) is 5. The predicted octanol–water partition coefficient (Wildman–Crippen LogP) is 3.07.